The molecule has 1 aromatic heterocycles. The number of benzene rings is 2. The summed E-state index contributed by atoms with van der Waals surface area (Å²) in [6, 6.07) is 15.9. The fraction of sp³-hybridized carbons (Fsp3) is 0.429. The lowest BCUT2D eigenvalue weighted by Gasteiger charge is -2.20. The average Bonchev–Trinajstić information content (AvgIpc) is 3.29. The molecule has 1 amide bonds. The number of amides is 1. The molecule has 1 atom stereocenters. The number of nitrogens with zero attached hydrogens (tertiary/aromatic N) is 3. The second-order valence-electron chi connectivity index (χ2n) is 8.89. The van der Waals surface area contributed by atoms with Gasteiger partial charge in [0.25, 0.3) is 5.91 Å². The van der Waals surface area contributed by atoms with Crippen molar-refractivity contribution in [2.75, 3.05) is 26.7 Å². The number of carbonyl (C=O) groups is 1. The van der Waals surface area contributed by atoms with Crippen molar-refractivity contribution in [3.05, 3.63) is 65.4 Å². The predicted molar refractivity (Wildman–Crippen MR) is 139 cm³/mol. The maximum absolute atomic E-state index is 13.4. The van der Waals surface area contributed by atoms with Crippen molar-refractivity contribution in [2.45, 2.75) is 53.5 Å². The molecule has 0 bridgehead atoms. The van der Waals surface area contributed by atoms with Crippen LogP contribution >= 0.6 is 0 Å². The van der Waals surface area contributed by atoms with E-state index in [1.54, 1.807) is 11.8 Å². The molecule has 3 aromatic rings. The summed E-state index contributed by atoms with van der Waals surface area (Å²) < 4.78 is 7.06. The number of ether oxygens (including phenoxy) is 1. The molecule has 1 N–H and O–H groups in total. The van der Waals surface area contributed by atoms with Crippen molar-refractivity contribution >= 4 is 5.91 Å². The summed E-state index contributed by atoms with van der Waals surface area (Å²) in [5, 5.41) is 8.05. The third-order valence-electron chi connectivity index (χ3n) is 6.30. The lowest BCUT2D eigenvalue weighted by molar-refractivity contribution is 0.0929. The van der Waals surface area contributed by atoms with Crippen LogP contribution in [-0.2, 0) is 0 Å². The molecule has 0 fully saturated rings. The lowest BCUT2D eigenvalue weighted by Crippen LogP contribution is -2.34. The summed E-state index contributed by atoms with van der Waals surface area (Å²) in [5.41, 5.74) is 5.33. The number of hydrogen-bond acceptors (Lipinski definition) is 4. The molecule has 3 rings (SSSR count). The Morgan fingerprint density at radius 2 is 1.79 bits per heavy atom. The van der Waals surface area contributed by atoms with Gasteiger partial charge in [-0.05, 0) is 101 Å². The van der Waals surface area contributed by atoms with Gasteiger partial charge < -0.3 is 15.0 Å². The van der Waals surface area contributed by atoms with E-state index < -0.39 is 0 Å². The van der Waals surface area contributed by atoms with Gasteiger partial charge in [0.05, 0.1) is 18.5 Å². The number of rotatable bonds is 11. The minimum atomic E-state index is -0.108. The van der Waals surface area contributed by atoms with E-state index >= 15 is 0 Å². The van der Waals surface area contributed by atoms with Crippen LogP contribution < -0.4 is 10.1 Å². The number of aromatic nitrogens is 2. The maximum Gasteiger partial charge on any atom is 0.270 e. The number of hydrogen-bond donors (Lipinski definition) is 1. The summed E-state index contributed by atoms with van der Waals surface area (Å²) in [6.45, 7) is 13.7. The zero-order chi connectivity index (χ0) is 24.7. The van der Waals surface area contributed by atoms with Gasteiger partial charge in [0.1, 0.15) is 11.4 Å². The van der Waals surface area contributed by atoms with E-state index in [4.69, 9.17) is 9.84 Å². The van der Waals surface area contributed by atoms with E-state index in [9.17, 15) is 4.79 Å². The highest BCUT2D eigenvalue weighted by atomic mass is 16.5. The zero-order valence-electron chi connectivity index (χ0n) is 21.4. The molecule has 2 aromatic carbocycles. The van der Waals surface area contributed by atoms with Gasteiger partial charge in [-0.3, -0.25) is 4.79 Å². The fourth-order valence-electron chi connectivity index (χ4n) is 4.11. The maximum atomic E-state index is 13.4. The van der Waals surface area contributed by atoms with E-state index in [-0.39, 0.29) is 11.9 Å². The Balaban J connectivity index is 1.87. The minimum absolute atomic E-state index is 0.0782. The lowest BCUT2D eigenvalue weighted by atomic mass is 10.1. The number of carbonyl (C=O) groups excluding carboxylic acids is 1. The first kappa shape index (κ1) is 25.5. The van der Waals surface area contributed by atoms with Gasteiger partial charge in [-0.2, -0.15) is 5.10 Å². The van der Waals surface area contributed by atoms with Gasteiger partial charge in [0, 0.05) is 11.6 Å². The SMILES string of the molecule is CCN(CC)CCCC(C)NC(=O)c1cc(-c2ccc(OC)cc2)nn1-c1cc(C)ccc1C. The van der Waals surface area contributed by atoms with Crippen LogP contribution in [0.3, 0.4) is 0 Å². The highest BCUT2D eigenvalue weighted by Gasteiger charge is 2.20. The van der Waals surface area contributed by atoms with Gasteiger partial charge in [-0.1, -0.05) is 26.0 Å². The standard InChI is InChI=1S/C28H38N4O2/c1-7-31(8-2)17-9-10-22(5)29-28(33)27-19-25(23-13-15-24(34-6)16-14-23)30-32(27)26-18-20(3)11-12-21(26)4/h11-16,18-19,22H,7-10,17H2,1-6H3,(H,29,33). The smallest absolute Gasteiger partial charge is 0.270 e. The van der Waals surface area contributed by atoms with Gasteiger partial charge in [0.2, 0.25) is 0 Å². The van der Waals surface area contributed by atoms with Crippen LogP contribution in [0.25, 0.3) is 16.9 Å². The summed E-state index contributed by atoms with van der Waals surface area (Å²) in [4.78, 5) is 15.8. The Bertz CT molecular complexity index is 1080. The Morgan fingerprint density at radius 1 is 1.09 bits per heavy atom. The Kier molecular flexibility index (Phi) is 8.88. The van der Waals surface area contributed by atoms with Gasteiger partial charge in [-0.15, -0.1) is 0 Å². The van der Waals surface area contributed by atoms with Crippen LogP contribution in [-0.4, -0.2) is 53.4 Å². The van der Waals surface area contributed by atoms with Gasteiger partial charge in [0.15, 0.2) is 0 Å². The normalized spacial score (nSPS) is 12.1. The average molecular weight is 463 g/mol. The number of methoxy groups -OCH3 is 1. The summed E-state index contributed by atoms with van der Waals surface area (Å²) in [7, 11) is 1.65. The molecule has 0 saturated carbocycles. The fourth-order valence-corrected chi connectivity index (χ4v) is 4.11. The Labute approximate surface area is 203 Å². The van der Waals surface area contributed by atoms with E-state index in [0.29, 0.717) is 5.69 Å². The van der Waals surface area contributed by atoms with Crippen LogP contribution in [0.2, 0.25) is 0 Å². The molecular formula is C28H38N4O2. The van der Waals surface area contributed by atoms with Crippen LogP contribution in [0.1, 0.15) is 55.2 Å². The van der Waals surface area contributed by atoms with Crippen LogP contribution in [0.5, 0.6) is 5.75 Å². The summed E-state index contributed by atoms with van der Waals surface area (Å²) >= 11 is 0. The summed E-state index contributed by atoms with van der Waals surface area (Å²) in [6.07, 6.45) is 1.99. The molecular weight excluding hydrogens is 424 g/mol. The molecule has 0 saturated heterocycles. The highest BCUT2D eigenvalue weighted by molar-refractivity contribution is 5.94. The first-order valence-corrected chi connectivity index (χ1v) is 12.2. The third-order valence-corrected chi connectivity index (χ3v) is 6.30. The van der Waals surface area contributed by atoms with Crippen LogP contribution in [0, 0.1) is 13.8 Å². The van der Waals surface area contributed by atoms with Crippen molar-refractivity contribution < 1.29 is 9.53 Å². The molecule has 0 radical (unpaired) electrons. The first-order chi connectivity index (χ1) is 16.4. The predicted octanol–water partition coefficient (Wildman–Crippen LogP) is 5.41. The van der Waals surface area contributed by atoms with E-state index in [1.807, 2.05) is 37.3 Å². The van der Waals surface area contributed by atoms with Crippen molar-refractivity contribution in [1.82, 2.24) is 20.0 Å². The summed E-state index contributed by atoms with van der Waals surface area (Å²) in [5.74, 6) is 0.678. The van der Waals surface area contributed by atoms with E-state index in [2.05, 4.69) is 56.1 Å². The van der Waals surface area contributed by atoms with Crippen molar-refractivity contribution in [2.24, 2.45) is 0 Å². The zero-order valence-corrected chi connectivity index (χ0v) is 21.4. The van der Waals surface area contributed by atoms with Crippen LogP contribution in [0.4, 0.5) is 0 Å². The molecule has 1 heterocycles. The monoisotopic (exact) mass is 462 g/mol. The topological polar surface area (TPSA) is 59.4 Å². The van der Waals surface area contributed by atoms with Crippen molar-refractivity contribution in [1.29, 1.82) is 0 Å². The van der Waals surface area contributed by atoms with E-state index in [0.717, 1.165) is 66.3 Å². The van der Waals surface area contributed by atoms with Crippen molar-refractivity contribution in [3.8, 4) is 22.7 Å². The van der Waals surface area contributed by atoms with Crippen LogP contribution in [0.15, 0.2) is 48.5 Å². The number of aryl methyl sites for hydroxylation is 2. The first-order valence-electron chi connectivity index (χ1n) is 12.2. The Hall–Kier alpha value is -3.12. The minimum Gasteiger partial charge on any atom is -0.497 e. The molecule has 0 aliphatic heterocycles. The molecule has 0 aliphatic carbocycles. The molecule has 1 unspecified atom stereocenters. The van der Waals surface area contributed by atoms with Crippen molar-refractivity contribution in [3.63, 3.8) is 0 Å². The Morgan fingerprint density at radius 3 is 2.44 bits per heavy atom. The van der Waals surface area contributed by atoms with E-state index in [1.165, 1.54) is 0 Å². The third kappa shape index (κ3) is 6.26. The quantitative estimate of drug-likeness (QED) is 0.414. The molecule has 6 heteroatoms. The molecule has 0 aliphatic rings. The highest BCUT2D eigenvalue weighted by Crippen LogP contribution is 2.26. The molecule has 0 spiro atoms. The second kappa shape index (κ2) is 11.8. The number of nitrogens with one attached hydrogen (secondary N) is 1. The molecule has 34 heavy (non-hydrogen) atoms. The van der Waals surface area contributed by atoms with Gasteiger partial charge in [-0.25, -0.2) is 4.68 Å². The second-order valence-corrected chi connectivity index (χ2v) is 8.89. The molecule has 6 nitrogen and oxygen atoms in total. The molecule has 182 valence electrons. The van der Waals surface area contributed by atoms with Gasteiger partial charge >= 0.3 is 0 Å². The largest absolute Gasteiger partial charge is 0.497 e.